The molecule has 3 aromatic rings. The normalized spacial score (nSPS) is 16.5. The molecule has 28 heavy (non-hydrogen) atoms. The summed E-state index contributed by atoms with van der Waals surface area (Å²) in [4.78, 5) is 22.2. The Morgan fingerprint density at radius 1 is 1.39 bits per heavy atom. The average Bonchev–Trinajstić information content (AvgIpc) is 3.26. The molecule has 1 unspecified atom stereocenters. The van der Waals surface area contributed by atoms with Crippen molar-refractivity contribution in [1.82, 2.24) is 9.97 Å². The maximum atomic E-state index is 14.4. The predicted octanol–water partition coefficient (Wildman–Crippen LogP) is 3.46. The Kier molecular flexibility index (Phi) is 4.86. The van der Waals surface area contributed by atoms with Gasteiger partial charge in [0.05, 0.1) is 29.9 Å². The van der Waals surface area contributed by atoms with Crippen molar-refractivity contribution in [3.8, 4) is 5.75 Å². The molecule has 1 aliphatic heterocycles. The first-order chi connectivity index (χ1) is 13.4. The zero-order valence-electron chi connectivity index (χ0n) is 15.4. The van der Waals surface area contributed by atoms with E-state index >= 15 is 0 Å². The number of ether oxygens (including phenoxy) is 2. The molecular weight excluding hydrogens is 383 g/mol. The lowest BCUT2D eigenvalue weighted by molar-refractivity contribution is 0.0995. The second-order valence-electron chi connectivity index (χ2n) is 6.61. The molecule has 1 aliphatic rings. The molecule has 0 aliphatic carbocycles. The number of rotatable bonds is 5. The van der Waals surface area contributed by atoms with E-state index in [1.165, 1.54) is 18.5 Å². The SMILES string of the molecule is Cc1sc2ncnc(Nc3cc(F)c(C(N)=O)cc3OC3CCOC3)c2c1C. The van der Waals surface area contributed by atoms with Gasteiger partial charge in [-0.2, -0.15) is 0 Å². The number of benzene rings is 1. The van der Waals surface area contributed by atoms with Crippen LogP contribution in [-0.2, 0) is 4.74 Å². The number of halogens is 1. The number of thiophene rings is 1. The number of nitrogens with zero attached hydrogens (tertiary/aromatic N) is 2. The topological polar surface area (TPSA) is 99.4 Å². The van der Waals surface area contributed by atoms with Crippen LogP contribution in [0, 0.1) is 19.7 Å². The van der Waals surface area contributed by atoms with Crippen LogP contribution >= 0.6 is 11.3 Å². The lowest BCUT2D eigenvalue weighted by Crippen LogP contribution is -2.18. The zero-order valence-corrected chi connectivity index (χ0v) is 16.2. The van der Waals surface area contributed by atoms with Crippen LogP contribution in [0.4, 0.5) is 15.9 Å². The molecule has 1 fully saturated rings. The second kappa shape index (κ2) is 7.33. The van der Waals surface area contributed by atoms with E-state index in [-0.39, 0.29) is 11.7 Å². The molecular formula is C19H19FN4O3S. The number of anilines is 2. The molecule has 1 aromatic carbocycles. The standard InChI is InChI=1S/C19H19FN4O3S/c1-9-10(2)28-19-16(9)18(22-8-23-19)24-14-6-13(20)12(17(21)25)5-15(14)27-11-3-4-26-7-11/h5-6,8,11H,3-4,7H2,1-2H3,(H2,21,25)(H,22,23,24). The zero-order chi connectivity index (χ0) is 19.8. The Morgan fingerprint density at radius 3 is 2.93 bits per heavy atom. The molecule has 1 saturated heterocycles. The van der Waals surface area contributed by atoms with Gasteiger partial charge in [-0.1, -0.05) is 0 Å². The number of nitrogens with one attached hydrogen (secondary N) is 1. The van der Waals surface area contributed by atoms with Gasteiger partial charge in [-0.3, -0.25) is 4.79 Å². The molecule has 1 atom stereocenters. The number of aromatic nitrogens is 2. The van der Waals surface area contributed by atoms with Gasteiger partial charge in [0.15, 0.2) is 0 Å². The van der Waals surface area contributed by atoms with Gasteiger partial charge in [0, 0.05) is 17.4 Å². The van der Waals surface area contributed by atoms with E-state index in [1.807, 2.05) is 13.8 Å². The minimum absolute atomic E-state index is 0.178. The summed E-state index contributed by atoms with van der Waals surface area (Å²) in [6.45, 7) is 5.04. The monoisotopic (exact) mass is 402 g/mol. The molecule has 1 amide bonds. The summed E-state index contributed by atoms with van der Waals surface area (Å²) in [6.07, 6.45) is 1.99. The molecule has 0 saturated carbocycles. The fourth-order valence-electron chi connectivity index (χ4n) is 3.13. The summed E-state index contributed by atoms with van der Waals surface area (Å²) in [5.41, 5.74) is 6.48. The van der Waals surface area contributed by atoms with Gasteiger partial charge in [-0.25, -0.2) is 14.4 Å². The van der Waals surface area contributed by atoms with Gasteiger partial charge in [0.25, 0.3) is 5.91 Å². The third-order valence-corrected chi connectivity index (χ3v) is 5.85. The van der Waals surface area contributed by atoms with Crippen LogP contribution in [0.2, 0.25) is 0 Å². The number of fused-ring (bicyclic) bond motifs is 1. The van der Waals surface area contributed by atoms with Crippen molar-refractivity contribution in [3.05, 3.63) is 40.3 Å². The molecule has 0 bridgehead atoms. The number of primary amides is 1. The lowest BCUT2D eigenvalue weighted by atomic mass is 10.1. The van der Waals surface area contributed by atoms with Crippen molar-refractivity contribution >= 4 is 39.0 Å². The van der Waals surface area contributed by atoms with E-state index < -0.39 is 11.7 Å². The Hall–Kier alpha value is -2.78. The summed E-state index contributed by atoms with van der Waals surface area (Å²) < 4.78 is 25.7. The number of hydrogen-bond donors (Lipinski definition) is 2. The molecule has 4 rings (SSSR count). The highest BCUT2D eigenvalue weighted by Gasteiger charge is 2.22. The Morgan fingerprint density at radius 2 is 2.21 bits per heavy atom. The predicted molar refractivity (Wildman–Crippen MR) is 105 cm³/mol. The maximum Gasteiger partial charge on any atom is 0.251 e. The smallest absolute Gasteiger partial charge is 0.251 e. The summed E-state index contributed by atoms with van der Waals surface area (Å²) in [5.74, 6) is -0.716. The number of aryl methyl sites for hydroxylation is 2. The Balaban J connectivity index is 1.78. The van der Waals surface area contributed by atoms with Crippen molar-refractivity contribution in [2.45, 2.75) is 26.4 Å². The first-order valence-electron chi connectivity index (χ1n) is 8.79. The third kappa shape index (κ3) is 3.38. The van der Waals surface area contributed by atoms with E-state index in [1.54, 1.807) is 11.3 Å². The van der Waals surface area contributed by atoms with E-state index in [0.717, 1.165) is 20.7 Å². The first kappa shape index (κ1) is 18.6. The quantitative estimate of drug-likeness (QED) is 0.678. The minimum atomic E-state index is -0.856. The number of carbonyl (C=O) groups excluding carboxylic acids is 1. The minimum Gasteiger partial charge on any atom is -0.486 e. The maximum absolute atomic E-state index is 14.4. The lowest BCUT2D eigenvalue weighted by Gasteiger charge is -2.18. The molecule has 0 radical (unpaired) electrons. The Labute approximate surface area is 164 Å². The van der Waals surface area contributed by atoms with E-state index in [9.17, 15) is 9.18 Å². The van der Waals surface area contributed by atoms with Crippen molar-refractivity contribution in [1.29, 1.82) is 0 Å². The van der Waals surface area contributed by atoms with Crippen molar-refractivity contribution in [2.75, 3.05) is 18.5 Å². The second-order valence-corrected chi connectivity index (χ2v) is 7.81. The average molecular weight is 402 g/mol. The van der Waals surface area contributed by atoms with Gasteiger partial charge in [0.1, 0.15) is 34.6 Å². The molecule has 9 heteroatoms. The number of carbonyl (C=O) groups is 1. The molecule has 2 aromatic heterocycles. The highest BCUT2D eigenvalue weighted by Crippen LogP contribution is 2.37. The summed E-state index contributed by atoms with van der Waals surface area (Å²) in [6, 6.07) is 2.52. The molecule has 7 nitrogen and oxygen atoms in total. The number of amides is 1. The van der Waals surface area contributed by atoms with E-state index in [4.69, 9.17) is 15.2 Å². The van der Waals surface area contributed by atoms with Crippen molar-refractivity contribution in [2.24, 2.45) is 5.73 Å². The molecule has 0 spiro atoms. The number of nitrogens with two attached hydrogens (primary N) is 1. The fraction of sp³-hybridized carbons (Fsp3) is 0.316. The summed E-state index contributed by atoms with van der Waals surface area (Å²) >= 11 is 1.57. The summed E-state index contributed by atoms with van der Waals surface area (Å²) in [5, 5.41) is 4.02. The number of hydrogen-bond acceptors (Lipinski definition) is 7. The highest BCUT2D eigenvalue weighted by molar-refractivity contribution is 7.18. The molecule has 3 heterocycles. The highest BCUT2D eigenvalue weighted by atomic mass is 32.1. The van der Waals surface area contributed by atoms with Gasteiger partial charge in [0.2, 0.25) is 0 Å². The largest absolute Gasteiger partial charge is 0.486 e. The molecule has 3 N–H and O–H groups in total. The fourth-order valence-corrected chi connectivity index (χ4v) is 4.12. The molecule has 146 valence electrons. The third-order valence-electron chi connectivity index (χ3n) is 4.73. The van der Waals surface area contributed by atoms with Crippen LogP contribution in [-0.4, -0.2) is 35.2 Å². The van der Waals surface area contributed by atoms with E-state index in [2.05, 4.69) is 15.3 Å². The van der Waals surface area contributed by atoms with Gasteiger partial charge >= 0.3 is 0 Å². The van der Waals surface area contributed by atoms with E-state index in [0.29, 0.717) is 36.9 Å². The van der Waals surface area contributed by atoms with Crippen LogP contribution in [0.1, 0.15) is 27.2 Å². The first-order valence-corrected chi connectivity index (χ1v) is 9.61. The van der Waals surface area contributed by atoms with Crippen LogP contribution in [0.15, 0.2) is 18.5 Å². The van der Waals surface area contributed by atoms with Crippen molar-refractivity contribution < 1.29 is 18.7 Å². The van der Waals surface area contributed by atoms with Crippen LogP contribution in [0.25, 0.3) is 10.2 Å². The van der Waals surface area contributed by atoms with Crippen LogP contribution in [0.3, 0.4) is 0 Å². The van der Waals surface area contributed by atoms with Gasteiger partial charge < -0.3 is 20.5 Å². The van der Waals surface area contributed by atoms with Gasteiger partial charge in [-0.15, -0.1) is 11.3 Å². The summed E-state index contributed by atoms with van der Waals surface area (Å²) in [7, 11) is 0. The van der Waals surface area contributed by atoms with Crippen LogP contribution < -0.4 is 15.8 Å². The Bertz CT molecular complexity index is 1060. The van der Waals surface area contributed by atoms with Gasteiger partial charge in [-0.05, 0) is 25.5 Å². The van der Waals surface area contributed by atoms with Crippen molar-refractivity contribution in [3.63, 3.8) is 0 Å². The van der Waals surface area contributed by atoms with Crippen LogP contribution in [0.5, 0.6) is 5.75 Å².